The quantitative estimate of drug-likeness (QED) is 0.706. The molecule has 5 nitrogen and oxygen atoms in total. The van der Waals surface area contributed by atoms with E-state index in [4.69, 9.17) is 14.6 Å². The van der Waals surface area contributed by atoms with Gasteiger partial charge in [0.2, 0.25) is 5.91 Å². The van der Waals surface area contributed by atoms with Crippen LogP contribution in [0.5, 0.6) is 0 Å². The molecule has 1 amide bonds. The zero-order valence-corrected chi connectivity index (χ0v) is 11.4. The topological polar surface area (TPSA) is 67.8 Å². The predicted octanol–water partition coefficient (Wildman–Crippen LogP) is 0.707. The van der Waals surface area contributed by atoms with E-state index in [0.29, 0.717) is 26.4 Å². The number of carbonyl (C=O) groups is 1. The molecule has 2 N–H and O–H groups in total. The largest absolute Gasteiger partial charge is 0.394 e. The Hall–Kier alpha value is -0.650. The lowest BCUT2D eigenvalue weighted by Crippen LogP contribution is -2.50. The average molecular weight is 259 g/mol. The summed E-state index contributed by atoms with van der Waals surface area (Å²) in [5.41, 5.74) is -0.371. The summed E-state index contributed by atoms with van der Waals surface area (Å²) >= 11 is 0. The summed E-state index contributed by atoms with van der Waals surface area (Å²) in [7, 11) is 0. The van der Waals surface area contributed by atoms with Crippen molar-refractivity contribution in [3.8, 4) is 0 Å². The van der Waals surface area contributed by atoms with Crippen LogP contribution in [0, 0.1) is 5.92 Å². The summed E-state index contributed by atoms with van der Waals surface area (Å²) in [5, 5.41) is 11.8. The molecule has 106 valence electrons. The van der Waals surface area contributed by atoms with E-state index in [-0.39, 0.29) is 24.0 Å². The van der Waals surface area contributed by atoms with Crippen LogP contribution in [0.15, 0.2) is 0 Å². The van der Waals surface area contributed by atoms with Crippen LogP contribution < -0.4 is 5.32 Å². The molecule has 0 bridgehead atoms. The molecule has 18 heavy (non-hydrogen) atoms. The Kier molecular flexibility index (Phi) is 6.60. The van der Waals surface area contributed by atoms with Crippen molar-refractivity contribution in [1.29, 1.82) is 0 Å². The van der Waals surface area contributed by atoms with Gasteiger partial charge in [-0.3, -0.25) is 4.79 Å². The van der Waals surface area contributed by atoms with Crippen molar-refractivity contribution in [3.63, 3.8) is 0 Å². The van der Waals surface area contributed by atoms with E-state index in [0.717, 1.165) is 19.3 Å². The second-order valence-corrected chi connectivity index (χ2v) is 4.89. The summed E-state index contributed by atoms with van der Waals surface area (Å²) in [6.07, 6.45) is 2.35. The first-order valence-electron chi connectivity index (χ1n) is 6.74. The molecule has 0 saturated carbocycles. The molecule has 1 rings (SSSR count). The first-order valence-corrected chi connectivity index (χ1v) is 6.74. The molecule has 0 aliphatic carbocycles. The zero-order chi connectivity index (χ0) is 13.4. The highest BCUT2D eigenvalue weighted by Crippen LogP contribution is 2.24. The summed E-state index contributed by atoms with van der Waals surface area (Å²) in [5.74, 6) is 0.0932. The van der Waals surface area contributed by atoms with Gasteiger partial charge in [-0.2, -0.15) is 0 Å². The molecule has 0 aromatic rings. The van der Waals surface area contributed by atoms with Gasteiger partial charge in [-0.05, 0) is 6.42 Å². The second kappa shape index (κ2) is 7.71. The number of aliphatic hydroxyl groups is 1. The highest BCUT2D eigenvalue weighted by molar-refractivity contribution is 5.78. The standard InChI is InChI=1S/C13H25NO4/c1-3-11(2)12(16)14-10-13(18-9-6-15)4-7-17-8-5-13/h11,15H,3-10H2,1-2H3,(H,14,16). The Balaban J connectivity index is 2.47. The number of amides is 1. The van der Waals surface area contributed by atoms with Gasteiger partial charge in [0, 0.05) is 38.5 Å². The van der Waals surface area contributed by atoms with Crippen molar-refractivity contribution >= 4 is 5.91 Å². The molecule has 0 aromatic carbocycles. The fraction of sp³-hybridized carbons (Fsp3) is 0.923. The lowest BCUT2D eigenvalue weighted by Gasteiger charge is -2.37. The van der Waals surface area contributed by atoms with E-state index in [1.807, 2.05) is 13.8 Å². The van der Waals surface area contributed by atoms with Crippen LogP contribution in [0.25, 0.3) is 0 Å². The molecule has 0 radical (unpaired) electrons. The summed E-state index contributed by atoms with van der Waals surface area (Å²) in [4.78, 5) is 11.8. The molecule has 0 spiro atoms. The number of aliphatic hydroxyl groups excluding tert-OH is 1. The number of rotatable bonds is 7. The predicted molar refractivity (Wildman–Crippen MR) is 68.3 cm³/mol. The van der Waals surface area contributed by atoms with Crippen molar-refractivity contribution in [1.82, 2.24) is 5.32 Å². The molecular weight excluding hydrogens is 234 g/mol. The molecule has 1 atom stereocenters. The minimum Gasteiger partial charge on any atom is -0.394 e. The van der Waals surface area contributed by atoms with Gasteiger partial charge >= 0.3 is 0 Å². The van der Waals surface area contributed by atoms with E-state index in [1.54, 1.807) is 0 Å². The number of nitrogens with one attached hydrogen (secondary N) is 1. The minimum atomic E-state index is -0.371. The summed E-state index contributed by atoms with van der Waals surface area (Å²) < 4.78 is 11.1. The van der Waals surface area contributed by atoms with Crippen LogP contribution in [0.1, 0.15) is 33.1 Å². The van der Waals surface area contributed by atoms with Crippen molar-refractivity contribution in [2.24, 2.45) is 5.92 Å². The van der Waals surface area contributed by atoms with Crippen molar-refractivity contribution in [2.45, 2.75) is 38.7 Å². The van der Waals surface area contributed by atoms with Crippen LogP contribution in [0.3, 0.4) is 0 Å². The zero-order valence-electron chi connectivity index (χ0n) is 11.4. The summed E-state index contributed by atoms with van der Waals surface area (Å²) in [6, 6.07) is 0. The number of hydrogen-bond acceptors (Lipinski definition) is 4. The van der Waals surface area contributed by atoms with Crippen LogP contribution in [0.2, 0.25) is 0 Å². The third-order valence-electron chi connectivity index (χ3n) is 3.55. The number of hydrogen-bond donors (Lipinski definition) is 2. The lowest BCUT2D eigenvalue weighted by atomic mass is 9.93. The fourth-order valence-corrected chi connectivity index (χ4v) is 1.99. The van der Waals surface area contributed by atoms with Crippen LogP contribution >= 0.6 is 0 Å². The molecule has 1 saturated heterocycles. The second-order valence-electron chi connectivity index (χ2n) is 4.89. The maximum absolute atomic E-state index is 11.8. The minimum absolute atomic E-state index is 0.00190. The maximum Gasteiger partial charge on any atom is 0.222 e. The Morgan fingerprint density at radius 1 is 1.50 bits per heavy atom. The van der Waals surface area contributed by atoms with Crippen LogP contribution in [-0.2, 0) is 14.3 Å². The molecule has 1 fully saturated rings. The molecule has 0 aromatic heterocycles. The van der Waals surface area contributed by atoms with Gasteiger partial charge in [0.05, 0.1) is 18.8 Å². The van der Waals surface area contributed by atoms with Gasteiger partial charge in [0.15, 0.2) is 0 Å². The number of ether oxygens (including phenoxy) is 2. The fourth-order valence-electron chi connectivity index (χ4n) is 1.99. The van der Waals surface area contributed by atoms with Crippen LogP contribution in [0.4, 0.5) is 0 Å². The maximum atomic E-state index is 11.8. The molecule has 1 unspecified atom stereocenters. The van der Waals surface area contributed by atoms with Gasteiger partial charge in [0.1, 0.15) is 0 Å². The molecule has 5 heteroatoms. The Morgan fingerprint density at radius 2 is 2.17 bits per heavy atom. The van der Waals surface area contributed by atoms with Gasteiger partial charge in [-0.25, -0.2) is 0 Å². The Morgan fingerprint density at radius 3 is 2.72 bits per heavy atom. The highest BCUT2D eigenvalue weighted by atomic mass is 16.5. The molecule has 1 aliphatic rings. The molecule has 1 heterocycles. The number of carbonyl (C=O) groups excluding carboxylic acids is 1. The first kappa shape index (κ1) is 15.4. The third-order valence-corrected chi connectivity index (χ3v) is 3.55. The third kappa shape index (κ3) is 4.55. The summed E-state index contributed by atoms with van der Waals surface area (Å²) in [6.45, 7) is 6.01. The first-order chi connectivity index (χ1) is 8.63. The molecular formula is C13H25NO4. The van der Waals surface area contributed by atoms with Gasteiger partial charge in [-0.15, -0.1) is 0 Å². The van der Waals surface area contributed by atoms with E-state index in [9.17, 15) is 4.79 Å². The van der Waals surface area contributed by atoms with Crippen molar-refractivity contribution in [2.75, 3.05) is 33.0 Å². The van der Waals surface area contributed by atoms with E-state index in [1.165, 1.54) is 0 Å². The van der Waals surface area contributed by atoms with Crippen molar-refractivity contribution in [3.05, 3.63) is 0 Å². The van der Waals surface area contributed by atoms with Crippen LogP contribution in [-0.4, -0.2) is 49.6 Å². The smallest absolute Gasteiger partial charge is 0.222 e. The van der Waals surface area contributed by atoms with Gasteiger partial charge in [0.25, 0.3) is 0 Å². The van der Waals surface area contributed by atoms with Crippen molar-refractivity contribution < 1.29 is 19.4 Å². The van der Waals surface area contributed by atoms with E-state index < -0.39 is 0 Å². The molecule has 1 aliphatic heterocycles. The van der Waals surface area contributed by atoms with Gasteiger partial charge in [-0.1, -0.05) is 13.8 Å². The monoisotopic (exact) mass is 259 g/mol. The lowest BCUT2D eigenvalue weighted by molar-refractivity contribution is -0.133. The average Bonchev–Trinajstić information content (AvgIpc) is 2.43. The van der Waals surface area contributed by atoms with E-state index >= 15 is 0 Å². The highest BCUT2D eigenvalue weighted by Gasteiger charge is 2.34. The Labute approximate surface area is 109 Å². The van der Waals surface area contributed by atoms with E-state index in [2.05, 4.69) is 5.32 Å². The normalized spacial score (nSPS) is 20.4. The Bertz CT molecular complexity index is 251. The van der Waals surface area contributed by atoms with Gasteiger partial charge < -0.3 is 19.9 Å². The SMILES string of the molecule is CCC(C)C(=O)NCC1(OCCO)CCOCC1.